The Balaban J connectivity index is 1.70. The minimum absolute atomic E-state index is 0.0512. The Morgan fingerprint density at radius 1 is 0.976 bits per heavy atom. The van der Waals surface area contributed by atoms with Crippen LogP contribution in [-0.2, 0) is 32.6 Å². The fourth-order valence-corrected chi connectivity index (χ4v) is 6.30. The molecule has 0 bridgehead atoms. The summed E-state index contributed by atoms with van der Waals surface area (Å²) in [6, 6.07) is 22.3. The van der Waals surface area contributed by atoms with Crippen LogP contribution in [0.3, 0.4) is 0 Å². The Morgan fingerprint density at radius 3 is 2.26 bits per heavy atom. The van der Waals surface area contributed by atoms with Crippen LogP contribution in [0.25, 0.3) is 0 Å². The largest absolute Gasteiger partial charge is 0.494 e. The first-order valence-electron chi connectivity index (χ1n) is 14.2. The molecule has 42 heavy (non-hydrogen) atoms. The predicted octanol–water partition coefficient (Wildman–Crippen LogP) is 5.20. The third-order valence-electron chi connectivity index (χ3n) is 7.33. The molecule has 0 radical (unpaired) electrons. The van der Waals surface area contributed by atoms with E-state index in [4.69, 9.17) is 16.3 Å². The average Bonchev–Trinajstić information content (AvgIpc) is 3.47. The molecule has 0 saturated heterocycles. The molecule has 3 aromatic rings. The monoisotopic (exact) mass is 611 g/mol. The maximum absolute atomic E-state index is 14.2. The first kappa shape index (κ1) is 31.4. The van der Waals surface area contributed by atoms with E-state index >= 15 is 0 Å². The van der Waals surface area contributed by atoms with Gasteiger partial charge in [0.15, 0.2) is 0 Å². The van der Waals surface area contributed by atoms with Crippen LogP contribution < -0.4 is 14.4 Å². The number of nitrogens with zero attached hydrogens (tertiary/aromatic N) is 2. The van der Waals surface area contributed by atoms with Crippen LogP contribution in [0, 0.1) is 0 Å². The molecule has 224 valence electrons. The van der Waals surface area contributed by atoms with Crippen molar-refractivity contribution < 1.29 is 22.7 Å². The van der Waals surface area contributed by atoms with E-state index in [1.165, 1.54) is 4.90 Å². The second-order valence-electron chi connectivity index (χ2n) is 10.5. The van der Waals surface area contributed by atoms with Crippen molar-refractivity contribution in [3.8, 4) is 5.75 Å². The molecule has 1 fully saturated rings. The molecule has 3 aromatic carbocycles. The molecule has 1 N–H and O–H groups in total. The van der Waals surface area contributed by atoms with Gasteiger partial charge in [-0.25, -0.2) is 8.42 Å². The quantitative estimate of drug-likeness (QED) is 0.286. The first-order chi connectivity index (χ1) is 20.1. The molecule has 0 aliphatic heterocycles. The highest BCUT2D eigenvalue weighted by atomic mass is 35.5. The van der Waals surface area contributed by atoms with Crippen molar-refractivity contribution >= 4 is 39.1 Å². The van der Waals surface area contributed by atoms with Gasteiger partial charge < -0.3 is 15.0 Å². The first-order valence-corrected chi connectivity index (χ1v) is 16.5. The number of amides is 2. The third-order valence-corrected chi connectivity index (χ3v) is 8.71. The standard InChI is InChI=1S/C32H38ClN3O5S/c1-3-41-29-18-16-28(17-19-29)36(42(2,39)40)23-31(37)35(22-25-12-9-13-26(33)20-25)30(21-24-10-5-4-6-11-24)32(38)34-27-14-7-8-15-27/h4-6,9-13,16-20,27,30H,3,7-8,14-15,21-23H2,1-2H3,(H,34,38)/t30-/m0/s1. The van der Waals surface area contributed by atoms with Gasteiger partial charge in [0.05, 0.1) is 18.6 Å². The zero-order chi connectivity index (χ0) is 30.1. The lowest BCUT2D eigenvalue weighted by atomic mass is 10.0. The van der Waals surface area contributed by atoms with E-state index in [0.29, 0.717) is 23.1 Å². The molecule has 10 heteroatoms. The van der Waals surface area contributed by atoms with Gasteiger partial charge in [-0.1, -0.05) is 66.9 Å². The Bertz CT molecular complexity index is 1440. The number of sulfonamides is 1. The van der Waals surface area contributed by atoms with E-state index in [9.17, 15) is 18.0 Å². The molecule has 1 saturated carbocycles. The summed E-state index contributed by atoms with van der Waals surface area (Å²) in [6.07, 6.45) is 5.22. The fraction of sp³-hybridized carbons (Fsp3) is 0.375. The second kappa shape index (κ2) is 14.6. The van der Waals surface area contributed by atoms with Gasteiger partial charge in [0.2, 0.25) is 21.8 Å². The SMILES string of the molecule is CCOc1ccc(N(CC(=O)N(Cc2cccc(Cl)c2)[C@@H](Cc2ccccc2)C(=O)NC2CCCC2)S(C)(=O)=O)cc1. The molecule has 0 unspecified atom stereocenters. The molecule has 1 aliphatic rings. The number of rotatable bonds is 13. The Kier molecular flexibility index (Phi) is 10.9. The van der Waals surface area contributed by atoms with Crippen molar-refractivity contribution in [3.63, 3.8) is 0 Å². The number of benzene rings is 3. The average molecular weight is 612 g/mol. The van der Waals surface area contributed by atoms with Gasteiger partial charge >= 0.3 is 0 Å². The number of hydrogen-bond acceptors (Lipinski definition) is 5. The van der Waals surface area contributed by atoms with Crippen LogP contribution in [0.4, 0.5) is 5.69 Å². The minimum Gasteiger partial charge on any atom is -0.494 e. The molecule has 0 aromatic heterocycles. The number of carbonyl (C=O) groups excluding carboxylic acids is 2. The van der Waals surface area contributed by atoms with Gasteiger partial charge in [0.25, 0.3) is 0 Å². The normalized spacial score (nSPS) is 14.3. The van der Waals surface area contributed by atoms with Gasteiger partial charge in [0.1, 0.15) is 18.3 Å². The predicted molar refractivity (Wildman–Crippen MR) is 166 cm³/mol. The smallest absolute Gasteiger partial charge is 0.244 e. The van der Waals surface area contributed by atoms with Crippen molar-refractivity contribution in [2.45, 2.75) is 57.7 Å². The molecule has 1 aliphatic carbocycles. The van der Waals surface area contributed by atoms with Crippen molar-refractivity contribution in [2.24, 2.45) is 0 Å². The Labute approximate surface area is 253 Å². The van der Waals surface area contributed by atoms with E-state index < -0.39 is 28.5 Å². The van der Waals surface area contributed by atoms with Crippen LogP contribution in [0.1, 0.15) is 43.7 Å². The number of halogens is 1. The van der Waals surface area contributed by atoms with Crippen LogP contribution in [0.2, 0.25) is 5.02 Å². The summed E-state index contributed by atoms with van der Waals surface area (Å²) in [5.74, 6) is -0.167. The summed E-state index contributed by atoms with van der Waals surface area (Å²) in [5.41, 5.74) is 1.95. The van der Waals surface area contributed by atoms with E-state index in [0.717, 1.165) is 47.4 Å². The van der Waals surface area contributed by atoms with E-state index in [-0.39, 0.29) is 24.9 Å². The molecule has 0 heterocycles. The minimum atomic E-state index is -3.85. The van der Waals surface area contributed by atoms with Crippen LogP contribution in [0.5, 0.6) is 5.75 Å². The van der Waals surface area contributed by atoms with Gasteiger partial charge in [-0.15, -0.1) is 0 Å². The van der Waals surface area contributed by atoms with E-state index in [1.54, 1.807) is 42.5 Å². The fourth-order valence-electron chi connectivity index (χ4n) is 5.24. The maximum atomic E-state index is 14.2. The highest BCUT2D eigenvalue weighted by Gasteiger charge is 2.34. The number of nitrogens with one attached hydrogen (secondary N) is 1. The zero-order valence-corrected chi connectivity index (χ0v) is 25.6. The van der Waals surface area contributed by atoms with E-state index in [1.807, 2.05) is 43.3 Å². The van der Waals surface area contributed by atoms with Gasteiger partial charge in [-0.05, 0) is 67.3 Å². The molecule has 4 rings (SSSR count). The highest BCUT2D eigenvalue weighted by Crippen LogP contribution is 2.24. The maximum Gasteiger partial charge on any atom is 0.244 e. The van der Waals surface area contributed by atoms with Crippen molar-refractivity contribution in [1.82, 2.24) is 10.2 Å². The summed E-state index contributed by atoms with van der Waals surface area (Å²) in [7, 11) is -3.85. The Morgan fingerprint density at radius 2 is 1.64 bits per heavy atom. The topological polar surface area (TPSA) is 96.0 Å². The summed E-state index contributed by atoms with van der Waals surface area (Å²) in [4.78, 5) is 29.6. The summed E-state index contributed by atoms with van der Waals surface area (Å²) in [5, 5.41) is 3.66. The van der Waals surface area contributed by atoms with E-state index in [2.05, 4.69) is 5.32 Å². The molecular formula is C32H38ClN3O5S. The van der Waals surface area contributed by atoms with Gasteiger partial charge in [-0.2, -0.15) is 0 Å². The molecule has 0 spiro atoms. The van der Waals surface area contributed by atoms with Crippen LogP contribution in [0.15, 0.2) is 78.9 Å². The zero-order valence-electron chi connectivity index (χ0n) is 24.0. The lowest BCUT2D eigenvalue weighted by Crippen LogP contribution is -2.54. The highest BCUT2D eigenvalue weighted by molar-refractivity contribution is 7.92. The molecule has 8 nitrogen and oxygen atoms in total. The number of hydrogen-bond donors (Lipinski definition) is 1. The number of carbonyl (C=O) groups is 2. The van der Waals surface area contributed by atoms with Crippen molar-refractivity contribution in [2.75, 3.05) is 23.7 Å². The van der Waals surface area contributed by atoms with Crippen molar-refractivity contribution in [1.29, 1.82) is 0 Å². The van der Waals surface area contributed by atoms with Crippen LogP contribution >= 0.6 is 11.6 Å². The summed E-state index contributed by atoms with van der Waals surface area (Å²) in [6.45, 7) is 1.93. The number of anilines is 1. The number of ether oxygens (including phenoxy) is 1. The third kappa shape index (κ3) is 8.72. The molecule has 2 amide bonds. The lowest BCUT2D eigenvalue weighted by molar-refractivity contribution is -0.140. The second-order valence-corrected chi connectivity index (χ2v) is 12.9. The van der Waals surface area contributed by atoms with Crippen molar-refractivity contribution in [3.05, 3.63) is 95.0 Å². The lowest BCUT2D eigenvalue weighted by Gasteiger charge is -2.34. The summed E-state index contributed by atoms with van der Waals surface area (Å²) < 4.78 is 32.5. The molecule has 1 atom stereocenters. The van der Waals surface area contributed by atoms with Crippen LogP contribution in [-0.4, -0.2) is 56.6 Å². The molecular weight excluding hydrogens is 574 g/mol. The van der Waals surface area contributed by atoms with Gasteiger partial charge in [0, 0.05) is 24.0 Å². The Hall–Kier alpha value is -3.56. The summed E-state index contributed by atoms with van der Waals surface area (Å²) >= 11 is 6.27. The van der Waals surface area contributed by atoms with Gasteiger partial charge in [-0.3, -0.25) is 13.9 Å².